The lowest BCUT2D eigenvalue weighted by Crippen LogP contribution is -2.48. The number of amides is 4. The van der Waals surface area contributed by atoms with Crippen LogP contribution < -0.4 is 16.0 Å². The zero-order valence-electron chi connectivity index (χ0n) is 20.6. The molecule has 0 bridgehead atoms. The van der Waals surface area contributed by atoms with Gasteiger partial charge in [-0.3, -0.25) is 9.59 Å². The molecule has 0 radical (unpaired) electrons. The first-order valence-corrected chi connectivity index (χ1v) is 12.3. The van der Waals surface area contributed by atoms with Gasteiger partial charge in [0.15, 0.2) is 0 Å². The van der Waals surface area contributed by atoms with Gasteiger partial charge in [-0.1, -0.05) is 24.3 Å². The van der Waals surface area contributed by atoms with Crippen molar-refractivity contribution in [2.45, 2.75) is 70.2 Å². The molecule has 4 amide bonds. The van der Waals surface area contributed by atoms with Gasteiger partial charge in [-0.2, -0.15) is 0 Å². The molecule has 0 unspecified atom stereocenters. The smallest absolute Gasteiger partial charge is 0.322 e. The number of benzene rings is 2. The van der Waals surface area contributed by atoms with Crippen molar-refractivity contribution in [3.05, 3.63) is 65.0 Å². The van der Waals surface area contributed by atoms with E-state index in [0.29, 0.717) is 23.7 Å². The van der Waals surface area contributed by atoms with Crippen molar-refractivity contribution in [1.29, 1.82) is 0 Å². The molecule has 4 rings (SSSR count). The van der Waals surface area contributed by atoms with Crippen molar-refractivity contribution in [2.24, 2.45) is 0 Å². The van der Waals surface area contributed by atoms with Gasteiger partial charge in [-0.15, -0.1) is 0 Å². The molecular weight excluding hydrogens is 463 g/mol. The number of aliphatic hydroxyl groups is 1. The van der Waals surface area contributed by atoms with Crippen LogP contribution in [0.15, 0.2) is 42.5 Å². The number of hydrogen-bond acceptors (Lipinski definition) is 4. The zero-order chi connectivity index (χ0) is 25.9. The highest BCUT2D eigenvalue weighted by molar-refractivity contribution is 6.35. The molecule has 192 valence electrons. The summed E-state index contributed by atoms with van der Waals surface area (Å²) in [6.45, 7) is 3.77. The first-order chi connectivity index (χ1) is 17.1. The Hall–Kier alpha value is -3.46. The number of urea groups is 1. The van der Waals surface area contributed by atoms with Crippen LogP contribution in [-0.4, -0.2) is 46.0 Å². The summed E-state index contributed by atoms with van der Waals surface area (Å²) in [5, 5.41) is 17.8. The van der Waals surface area contributed by atoms with Gasteiger partial charge in [-0.25, -0.2) is 9.18 Å². The number of carbonyl (C=O) groups is 3. The Labute approximate surface area is 210 Å². The maximum absolute atomic E-state index is 14.0. The number of nitrogens with zero attached hydrogens (tertiary/aromatic N) is 1. The molecule has 0 atom stereocenters. The first kappa shape index (κ1) is 25.6. The minimum absolute atomic E-state index is 0.00662. The fourth-order valence-corrected chi connectivity index (χ4v) is 4.76. The first-order valence-electron chi connectivity index (χ1n) is 12.3. The molecular formula is C27H33FN4O4. The van der Waals surface area contributed by atoms with Crippen molar-refractivity contribution in [3.8, 4) is 0 Å². The lowest BCUT2D eigenvalue weighted by Gasteiger charge is -2.29. The second-order valence-electron chi connectivity index (χ2n) is 10.3. The van der Waals surface area contributed by atoms with E-state index >= 15 is 0 Å². The second-order valence-corrected chi connectivity index (χ2v) is 10.3. The predicted octanol–water partition coefficient (Wildman–Crippen LogP) is 3.40. The lowest BCUT2D eigenvalue weighted by molar-refractivity contribution is -0.140. The van der Waals surface area contributed by atoms with Crippen LogP contribution in [0.1, 0.15) is 62.1 Å². The van der Waals surface area contributed by atoms with E-state index in [2.05, 4.69) is 16.0 Å². The van der Waals surface area contributed by atoms with Crippen molar-refractivity contribution in [2.75, 3.05) is 11.9 Å². The van der Waals surface area contributed by atoms with Crippen LogP contribution in [0.5, 0.6) is 0 Å². The summed E-state index contributed by atoms with van der Waals surface area (Å²) in [6.07, 6.45) is 3.28. The molecule has 36 heavy (non-hydrogen) atoms. The molecule has 0 spiro atoms. The summed E-state index contributed by atoms with van der Waals surface area (Å²) < 4.78 is 14.0. The Morgan fingerprint density at radius 1 is 1.00 bits per heavy atom. The molecule has 1 aliphatic heterocycles. The average Bonchev–Trinajstić information content (AvgIpc) is 3.29. The van der Waals surface area contributed by atoms with E-state index in [1.807, 2.05) is 30.3 Å². The second kappa shape index (κ2) is 10.7. The number of anilines is 1. The average molecular weight is 497 g/mol. The van der Waals surface area contributed by atoms with Crippen molar-refractivity contribution >= 4 is 23.5 Å². The highest BCUT2D eigenvalue weighted by atomic mass is 19.1. The van der Waals surface area contributed by atoms with Gasteiger partial charge in [0, 0.05) is 30.4 Å². The van der Waals surface area contributed by atoms with E-state index in [0.717, 1.165) is 36.8 Å². The normalized spacial score (nSPS) is 19.4. The maximum Gasteiger partial charge on any atom is 0.322 e. The molecule has 0 aromatic heterocycles. The SMILES string of the molecule is CC(C)(O)CNC(=O)C(=O)NC1CCC(c2ccc(NC(=O)N3Cc4cccc(F)c4C3)cc2)CC1. The number of carbonyl (C=O) groups excluding carboxylic acids is 3. The van der Waals surface area contributed by atoms with Crippen LogP contribution in [0, 0.1) is 5.82 Å². The van der Waals surface area contributed by atoms with Crippen molar-refractivity contribution in [1.82, 2.24) is 15.5 Å². The molecule has 2 aromatic rings. The highest BCUT2D eigenvalue weighted by Crippen LogP contribution is 2.33. The van der Waals surface area contributed by atoms with Gasteiger partial charge >= 0.3 is 17.8 Å². The molecule has 0 saturated heterocycles. The van der Waals surface area contributed by atoms with Gasteiger partial charge in [0.1, 0.15) is 5.82 Å². The van der Waals surface area contributed by atoms with Gasteiger partial charge in [0.25, 0.3) is 0 Å². The number of fused-ring (bicyclic) bond motifs is 1. The summed E-state index contributed by atoms with van der Waals surface area (Å²) in [4.78, 5) is 38.3. The van der Waals surface area contributed by atoms with Crippen LogP contribution >= 0.6 is 0 Å². The molecule has 2 aromatic carbocycles. The Balaban J connectivity index is 1.23. The fraction of sp³-hybridized carbons (Fsp3) is 0.444. The minimum atomic E-state index is -1.08. The summed E-state index contributed by atoms with van der Waals surface area (Å²) in [5.41, 5.74) is 2.17. The molecule has 9 heteroatoms. The summed E-state index contributed by atoms with van der Waals surface area (Å²) >= 11 is 0. The van der Waals surface area contributed by atoms with Crippen LogP contribution in [0.25, 0.3) is 0 Å². The Kier molecular flexibility index (Phi) is 7.59. The third-order valence-electron chi connectivity index (χ3n) is 6.80. The van der Waals surface area contributed by atoms with Crippen LogP contribution in [0.3, 0.4) is 0 Å². The molecule has 1 aliphatic carbocycles. The van der Waals surface area contributed by atoms with Crippen LogP contribution in [0.4, 0.5) is 14.9 Å². The van der Waals surface area contributed by atoms with Crippen LogP contribution in [-0.2, 0) is 22.7 Å². The molecule has 4 N–H and O–H groups in total. The molecule has 1 heterocycles. The molecule has 8 nitrogen and oxygen atoms in total. The van der Waals surface area contributed by atoms with Crippen molar-refractivity contribution < 1.29 is 23.9 Å². The third kappa shape index (κ3) is 6.40. The van der Waals surface area contributed by atoms with Gasteiger partial charge in [-0.05, 0) is 74.8 Å². The van der Waals surface area contributed by atoms with Gasteiger partial charge in [0.2, 0.25) is 0 Å². The van der Waals surface area contributed by atoms with E-state index in [-0.39, 0.29) is 31.0 Å². The number of halogens is 1. The summed E-state index contributed by atoms with van der Waals surface area (Å²) in [5.74, 6) is -1.36. The third-order valence-corrected chi connectivity index (χ3v) is 6.80. The standard InChI is InChI=1S/C27H33FN4O4/c1-27(2,36)16-29-24(33)25(34)30-20-10-6-17(7-11-20)18-8-12-21(13-9-18)31-26(35)32-14-19-4-3-5-23(28)22(19)15-32/h3-5,8-9,12-13,17,20,36H,6-7,10-11,14-16H2,1-2H3,(H,29,33)(H,30,34)(H,31,35). The lowest BCUT2D eigenvalue weighted by atomic mass is 9.81. The molecule has 2 aliphatic rings. The number of nitrogens with one attached hydrogen (secondary N) is 3. The molecule has 1 fully saturated rings. The van der Waals surface area contributed by atoms with Gasteiger partial charge in [0.05, 0.1) is 12.1 Å². The maximum atomic E-state index is 14.0. The predicted molar refractivity (Wildman–Crippen MR) is 134 cm³/mol. The van der Waals surface area contributed by atoms with E-state index in [9.17, 15) is 23.9 Å². The van der Waals surface area contributed by atoms with Crippen molar-refractivity contribution in [3.63, 3.8) is 0 Å². The zero-order valence-corrected chi connectivity index (χ0v) is 20.6. The van der Waals surface area contributed by atoms with E-state index in [1.165, 1.54) is 6.07 Å². The van der Waals surface area contributed by atoms with Gasteiger partial charge < -0.3 is 26.0 Å². The number of rotatable bonds is 5. The minimum Gasteiger partial charge on any atom is -0.389 e. The summed E-state index contributed by atoms with van der Waals surface area (Å²) in [6, 6.07) is 12.3. The largest absolute Gasteiger partial charge is 0.389 e. The highest BCUT2D eigenvalue weighted by Gasteiger charge is 2.27. The van der Waals surface area contributed by atoms with Crippen LogP contribution in [0.2, 0.25) is 0 Å². The fourth-order valence-electron chi connectivity index (χ4n) is 4.76. The van der Waals surface area contributed by atoms with E-state index in [4.69, 9.17) is 0 Å². The monoisotopic (exact) mass is 496 g/mol. The number of hydrogen-bond donors (Lipinski definition) is 4. The van der Waals surface area contributed by atoms with E-state index < -0.39 is 17.4 Å². The Morgan fingerprint density at radius 2 is 1.69 bits per heavy atom. The Morgan fingerprint density at radius 3 is 2.33 bits per heavy atom. The summed E-state index contributed by atoms with van der Waals surface area (Å²) in [7, 11) is 0. The quantitative estimate of drug-likeness (QED) is 0.476. The Bertz CT molecular complexity index is 1120. The topological polar surface area (TPSA) is 111 Å². The molecule has 1 saturated carbocycles. The van der Waals surface area contributed by atoms with E-state index in [1.54, 1.807) is 24.8 Å².